The van der Waals surface area contributed by atoms with Crippen LogP contribution in [0.25, 0.3) is 11.4 Å². The molecule has 126 valence electrons. The molecule has 1 saturated heterocycles. The number of piperazine rings is 1. The molecular weight excluding hydrogens is 326 g/mol. The summed E-state index contributed by atoms with van der Waals surface area (Å²) >= 11 is 5.28. The maximum atomic E-state index is 12.3. The van der Waals surface area contributed by atoms with Gasteiger partial charge in [0.15, 0.2) is 10.6 Å². The van der Waals surface area contributed by atoms with Crippen LogP contribution in [0.15, 0.2) is 24.3 Å². The third-order valence-corrected chi connectivity index (χ3v) is 4.32. The second-order valence-electron chi connectivity index (χ2n) is 5.79. The number of carbonyl (C=O) groups is 2. The number of amides is 2. The quantitative estimate of drug-likeness (QED) is 0.818. The molecule has 0 atom stereocenters. The van der Waals surface area contributed by atoms with E-state index >= 15 is 0 Å². The van der Waals surface area contributed by atoms with E-state index in [-0.39, 0.29) is 24.8 Å². The molecule has 1 aliphatic rings. The number of hydrogen-bond acceptors (Lipinski definition) is 4. The van der Waals surface area contributed by atoms with Crippen LogP contribution in [0, 0.1) is 11.7 Å². The minimum Gasteiger partial charge on any atom is -0.353 e. The van der Waals surface area contributed by atoms with Crippen molar-refractivity contribution in [3.63, 3.8) is 0 Å². The minimum atomic E-state index is -0.116. The van der Waals surface area contributed by atoms with Gasteiger partial charge in [-0.25, -0.2) is 0 Å². The van der Waals surface area contributed by atoms with E-state index in [0.717, 1.165) is 11.1 Å². The van der Waals surface area contributed by atoms with Crippen molar-refractivity contribution in [3.05, 3.63) is 34.6 Å². The molecule has 8 heteroatoms. The van der Waals surface area contributed by atoms with Crippen LogP contribution in [0.2, 0.25) is 0 Å². The van der Waals surface area contributed by atoms with Crippen molar-refractivity contribution in [2.24, 2.45) is 0 Å². The fourth-order valence-electron chi connectivity index (χ4n) is 2.67. The van der Waals surface area contributed by atoms with Crippen molar-refractivity contribution < 1.29 is 9.59 Å². The van der Waals surface area contributed by atoms with Crippen molar-refractivity contribution in [1.29, 1.82) is 0 Å². The third-order valence-electron chi connectivity index (χ3n) is 4.01. The molecule has 0 bridgehead atoms. The average molecular weight is 345 g/mol. The lowest BCUT2D eigenvalue weighted by Crippen LogP contribution is -2.50. The highest BCUT2D eigenvalue weighted by molar-refractivity contribution is 7.71. The summed E-state index contributed by atoms with van der Waals surface area (Å²) < 4.78 is 2.30. The Bertz CT molecular complexity index is 809. The van der Waals surface area contributed by atoms with Gasteiger partial charge in [0, 0.05) is 31.6 Å². The van der Waals surface area contributed by atoms with E-state index in [1.54, 1.807) is 4.90 Å². The molecule has 7 nitrogen and oxygen atoms in total. The molecule has 3 rings (SSSR count). The lowest BCUT2D eigenvalue weighted by molar-refractivity contribution is -0.138. The van der Waals surface area contributed by atoms with Gasteiger partial charge in [0.2, 0.25) is 11.8 Å². The third kappa shape index (κ3) is 3.53. The first-order valence-corrected chi connectivity index (χ1v) is 8.22. The number of aryl methyl sites for hydroxylation is 1. The van der Waals surface area contributed by atoms with E-state index in [1.165, 1.54) is 0 Å². The van der Waals surface area contributed by atoms with Gasteiger partial charge in [-0.1, -0.05) is 29.8 Å². The van der Waals surface area contributed by atoms with E-state index in [4.69, 9.17) is 12.2 Å². The topological polar surface area (TPSA) is 83.0 Å². The molecule has 1 aromatic carbocycles. The van der Waals surface area contributed by atoms with Gasteiger partial charge in [-0.05, 0) is 19.1 Å². The van der Waals surface area contributed by atoms with Crippen molar-refractivity contribution in [2.75, 3.05) is 19.6 Å². The Morgan fingerprint density at radius 2 is 2.08 bits per heavy atom. The predicted molar refractivity (Wildman–Crippen MR) is 91.8 cm³/mol. The van der Waals surface area contributed by atoms with E-state index in [2.05, 4.69) is 15.5 Å². The van der Waals surface area contributed by atoms with Crippen molar-refractivity contribution >= 4 is 24.0 Å². The van der Waals surface area contributed by atoms with Crippen LogP contribution >= 0.6 is 12.2 Å². The lowest BCUT2D eigenvalue weighted by Gasteiger charge is -2.26. The summed E-state index contributed by atoms with van der Waals surface area (Å²) in [7, 11) is 0. The van der Waals surface area contributed by atoms with E-state index in [0.29, 0.717) is 30.2 Å². The lowest BCUT2D eigenvalue weighted by atomic mass is 10.1. The zero-order valence-electron chi connectivity index (χ0n) is 13.4. The maximum Gasteiger partial charge on any atom is 0.239 e. The second-order valence-corrected chi connectivity index (χ2v) is 6.17. The molecule has 0 radical (unpaired) electrons. The molecule has 24 heavy (non-hydrogen) atoms. The molecule has 2 amide bonds. The van der Waals surface area contributed by atoms with Crippen LogP contribution in [0.1, 0.15) is 12.0 Å². The zero-order chi connectivity index (χ0) is 17.1. The van der Waals surface area contributed by atoms with Gasteiger partial charge in [-0.2, -0.15) is 5.10 Å². The molecule has 1 aliphatic heterocycles. The normalized spacial score (nSPS) is 14.5. The Hall–Kier alpha value is -2.48. The fourth-order valence-corrected chi connectivity index (χ4v) is 2.89. The van der Waals surface area contributed by atoms with Crippen LogP contribution in [-0.4, -0.2) is 51.1 Å². The number of nitrogens with zero attached hydrogens (tertiary/aromatic N) is 3. The largest absolute Gasteiger partial charge is 0.353 e. The monoisotopic (exact) mass is 345 g/mol. The maximum absolute atomic E-state index is 12.3. The van der Waals surface area contributed by atoms with Crippen LogP contribution in [0.4, 0.5) is 0 Å². The number of H-pyrrole nitrogens is 1. The first kappa shape index (κ1) is 16.4. The predicted octanol–water partition coefficient (Wildman–Crippen LogP) is 1.26. The minimum absolute atomic E-state index is 0.0530. The molecule has 1 fully saturated rings. The number of hydrogen-bond donors (Lipinski definition) is 2. The summed E-state index contributed by atoms with van der Waals surface area (Å²) in [5, 5.41) is 9.77. The summed E-state index contributed by atoms with van der Waals surface area (Å²) in [6.07, 6.45) is 0.278. The summed E-state index contributed by atoms with van der Waals surface area (Å²) in [5.74, 6) is 0.543. The van der Waals surface area contributed by atoms with Gasteiger partial charge in [0.25, 0.3) is 0 Å². The Morgan fingerprint density at radius 3 is 2.79 bits per heavy atom. The smallest absolute Gasteiger partial charge is 0.239 e. The molecule has 1 aromatic heterocycles. The summed E-state index contributed by atoms with van der Waals surface area (Å²) in [6, 6.07) is 7.98. The fraction of sp³-hybridized carbons (Fsp3) is 0.375. The molecule has 2 heterocycles. The summed E-state index contributed by atoms with van der Waals surface area (Å²) in [5.41, 5.74) is 2.11. The van der Waals surface area contributed by atoms with E-state index in [9.17, 15) is 9.59 Å². The Morgan fingerprint density at radius 1 is 1.33 bits per heavy atom. The molecule has 0 unspecified atom stereocenters. The van der Waals surface area contributed by atoms with Gasteiger partial charge < -0.3 is 10.2 Å². The Balaban J connectivity index is 1.72. The number of rotatable bonds is 4. The Kier molecular flexibility index (Phi) is 4.75. The van der Waals surface area contributed by atoms with Crippen molar-refractivity contribution in [2.45, 2.75) is 19.9 Å². The average Bonchev–Trinajstić information content (AvgIpc) is 2.94. The van der Waals surface area contributed by atoms with Crippen LogP contribution in [0.5, 0.6) is 0 Å². The van der Waals surface area contributed by atoms with E-state index in [1.807, 2.05) is 35.8 Å². The van der Waals surface area contributed by atoms with E-state index < -0.39 is 0 Å². The van der Waals surface area contributed by atoms with Crippen molar-refractivity contribution in [3.8, 4) is 11.4 Å². The van der Waals surface area contributed by atoms with Gasteiger partial charge >= 0.3 is 0 Å². The van der Waals surface area contributed by atoms with Gasteiger partial charge in [-0.15, -0.1) is 0 Å². The molecule has 2 aromatic rings. The van der Waals surface area contributed by atoms with Crippen LogP contribution < -0.4 is 5.32 Å². The summed E-state index contributed by atoms with van der Waals surface area (Å²) in [4.78, 5) is 25.3. The molecule has 0 saturated carbocycles. The first-order chi connectivity index (χ1) is 11.5. The second kappa shape index (κ2) is 6.96. The number of benzene rings is 1. The summed E-state index contributed by atoms with van der Waals surface area (Å²) in [6.45, 7) is 3.63. The van der Waals surface area contributed by atoms with Crippen molar-refractivity contribution in [1.82, 2.24) is 25.0 Å². The molecular formula is C16H19N5O2S. The number of aromatic nitrogens is 3. The Labute approximate surface area is 144 Å². The van der Waals surface area contributed by atoms with Crippen LogP contribution in [0.3, 0.4) is 0 Å². The van der Waals surface area contributed by atoms with Gasteiger partial charge in [0.1, 0.15) is 0 Å². The highest BCUT2D eigenvalue weighted by Gasteiger charge is 2.21. The number of carbonyl (C=O) groups excluding carboxylic acids is 2. The molecule has 0 spiro atoms. The van der Waals surface area contributed by atoms with Gasteiger partial charge in [-0.3, -0.25) is 19.3 Å². The highest BCUT2D eigenvalue weighted by atomic mass is 32.1. The standard InChI is InChI=1S/C16H19N5O2S/c1-11-2-4-12(5-3-11)15-18-19-16(24)21(15)8-6-14(23)20-9-7-17-13(22)10-20/h2-5H,6-10H2,1H3,(H,17,22)(H,19,24). The van der Waals surface area contributed by atoms with Gasteiger partial charge in [0.05, 0.1) is 6.54 Å². The SMILES string of the molecule is Cc1ccc(-c2n[nH]c(=S)n2CCC(=O)N2CCNC(=O)C2)cc1. The zero-order valence-corrected chi connectivity index (χ0v) is 14.2. The number of aromatic amines is 1. The molecule has 2 N–H and O–H groups in total. The highest BCUT2D eigenvalue weighted by Crippen LogP contribution is 2.18. The van der Waals surface area contributed by atoms with Crippen LogP contribution in [-0.2, 0) is 16.1 Å². The number of nitrogens with one attached hydrogen (secondary N) is 2. The first-order valence-electron chi connectivity index (χ1n) is 7.81. The molecule has 0 aliphatic carbocycles.